The first kappa shape index (κ1) is 26.8. The standard InChI is InChI=1S/C23H40N4O2.HI/c1-7-27(8-2)13-9-10-18(3)26-22(24-6)25-17-23(4,5)19-11-12-20-21(16-19)29-15-14-28-20;/h11-12,16,18H,7-10,13-15,17H2,1-6H3,(H2,24,25,26);1H. The molecule has 1 unspecified atom stereocenters. The molecule has 6 nitrogen and oxygen atoms in total. The Morgan fingerprint density at radius 1 is 1.17 bits per heavy atom. The van der Waals surface area contributed by atoms with Crippen molar-refractivity contribution in [3.8, 4) is 11.5 Å². The second-order valence-corrected chi connectivity index (χ2v) is 8.38. The van der Waals surface area contributed by atoms with Gasteiger partial charge in [0.15, 0.2) is 17.5 Å². The molecule has 0 saturated heterocycles. The lowest BCUT2D eigenvalue weighted by Gasteiger charge is -2.29. The Balaban J connectivity index is 0.00000450. The van der Waals surface area contributed by atoms with E-state index >= 15 is 0 Å². The Morgan fingerprint density at radius 2 is 1.83 bits per heavy atom. The summed E-state index contributed by atoms with van der Waals surface area (Å²) >= 11 is 0. The molecule has 30 heavy (non-hydrogen) atoms. The molecule has 1 atom stereocenters. The maximum atomic E-state index is 5.74. The van der Waals surface area contributed by atoms with Gasteiger partial charge in [0.05, 0.1) is 0 Å². The highest BCUT2D eigenvalue weighted by Crippen LogP contribution is 2.34. The Labute approximate surface area is 200 Å². The highest BCUT2D eigenvalue weighted by molar-refractivity contribution is 14.0. The molecule has 1 heterocycles. The van der Waals surface area contributed by atoms with E-state index in [4.69, 9.17) is 9.47 Å². The first-order chi connectivity index (χ1) is 13.9. The van der Waals surface area contributed by atoms with Gasteiger partial charge in [-0.05, 0) is 57.1 Å². The van der Waals surface area contributed by atoms with Crippen molar-refractivity contribution in [2.24, 2.45) is 4.99 Å². The number of rotatable bonds is 10. The smallest absolute Gasteiger partial charge is 0.191 e. The minimum Gasteiger partial charge on any atom is -0.486 e. The number of aliphatic imine (C=N–C) groups is 1. The summed E-state index contributed by atoms with van der Waals surface area (Å²) in [5.74, 6) is 2.52. The van der Waals surface area contributed by atoms with Gasteiger partial charge in [0, 0.05) is 25.0 Å². The molecular weight excluding hydrogens is 491 g/mol. The number of ether oxygens (including phenoxy) is 2. The lowest BCUT2D eigenvalue weighted by atomic mass is 9.84. The number of nitrogens with one attached hydrogen (secondary N) is 2. The lowest BCUT2D eigenvalue weighted by Crippen LogP contribution is -2.46. The summed E-state index contributed by atoms with van der Waals surface area (Å²) < 4.78 is 11.4. The van der Waals surface area contributed by atoms with Crippen molar-refractivity contribution in [3.05, 3.63) is 23.8 Å². The number of nitrogens with zero attached hydrogens (tertiary/aromatic N) is 2. The van der Waals surface area contributed by atoms with E-state index in [9.17, 15) is 0 Å². The second kappa shape index (κ2) is 13.2. The van der Waals surface area contributed by atoms with Crippen molar-refractivity contribution < 1.29 is 9.47 Å². The number of halogens is 1. The summed E-state index contributed by atoms with van der Waals surface area (Å²) in [5, 5.41) is 7.02. The van der Waals surface area contributed by atoms with Crippen LogP contribution in [0.1, 0.15) is 53.0 Å². The summed E-state index contributed by atoms with van der Waals surface area (Å²) in [5.41, 5.74) is 1.15. The van der Waals surface area contributed by atoms with E-state index < -0.39 is 0 Å². The zero-order chi connectivity index (χ0) is 21.3. The van der Waals surface area contributed by atoms with E-state index in [1.165, 1.54) is 12.0 Å². The van der Waals surface area contributed by atoms with Gasteiger partial charge in [-0.15, -0.1) is 24.0 Å². The fraction of sp³-hybridized carbons (Fsp3) is 0.696. The SMILES string of the molecule is CCN(CC)CCCC(C)NC(=NC)NCC(C)(C)c1ccc2c(c1)OCCO2.I. The molecule has 2 rings (SSSR count). The monoisotopic (exact) mass is 532 g/mol. The Bertz CT molecular complexity index is 663. The molecule has 0 saturated carbocycles. The van der Waals surface area contributed by atoms with Crippen LogP contribution in [0.3, 0.4) is 0 Å². The summed E-state index contributed by atoms with van der Waals surface area (Å²) in [6.45, 7) is 16.5. The van der Waals surface area contributed by atoms with Crippen molar-refractivity contribution >= 4 is 29.9 Å². The molecule has 2 N–H and O–H groups in total. The van der Waals surface area contributed by atoms with Crippen molar-refractivity contribution in [2.75, 3.05) is 46.4 Å². The van der Waals surface area contributed by atoms with E-state index in [1.54, 1.807) is 0 Å². The average Bonchev–Trinajstić information content (AvgIpc) is 2.73. The van der Waals surface area contributed by atoms with Crippen molar-refractivity contribution in [1.29, 1.82) is 0 Å². The fourth-order valence-corrected chi connectivity index (χ4v) is 3.53. The third-order valence-electron chi connectivity index (χ3n) is 5.63. The molecule has 0 aliphatic carbocycles. The summed E-state index contributed by atoms with van der Waals surface area (Å²) in [4.78, 5) is 6.88. The molecule has 0 spiro atoms. The molecular formula is C23H41IN4O2. The van der Waals surface area contributed by atoms with Crippen LogP contribution in [0, 0.1) is 0 Å². The van der Waals surface area contributed by atoms with E-state index in [-0.39, 0.29) is 29.4 Å². The van der Waals surface area contributed by atoms with Crippen LogP contribution in [0.25, 0.3) is 0 Å². The van der Waals surface area contributed by atoms with Gasteiger partial charge in [0.1, 0.15) is 13.2 Å². The Kier molecular flexibility index (Phi) is 11.8. The summed E-state index contributed by atoms with van der Waals surface area (Å²) in [7, 11) is 1.83. The number of hydrogen-bond acceptors (Lipinski definition) is 4. The number of benzene rings is 1. The van der Waals surface area contributed by atoms with E-state index in [1.807, 2.05) is 13.1 Å². The summed E-state index contributed by atoms with van der Waals surface area (Å²) in [6.07, 6.45) is 2.32. The summed E-state index contributed by atoms with van der Waals surface area (Å²) in [6, 6.07) is 6.62. The average molecular weight is 533 g/mol. The zero-order valence-electron chi connectivity index (χ0n) is 19.6. The maximum Gasteiger partial charge on any atom is 0.191 e. The fourth-order valence-electron chi connectivity index (χ4n) is 3.53. The first-order valence-corrected chi connectivity index (χ1v) is 11.0. The zero-order valence-corrected chi connectivity index (χ0v) is 21.9. The molecule has 0 amide bonds. The molecule has 0 bridgehead atoms. The number of hydrogen-bond donors (Lipinski definition) is 2. The van der Waals surface area contributed by atoms with Gasteiger partial charge in [-0.3, -0.25) is 4.99 Å². The molecule has 0 aromatic heterocycles. The predicted octanol–water partition coefficient (Wildman–Crippen LogP) is 4.03. The van der Waals surface area contributed by atoms with Crippen LogP contribution in [0.5, 0.6) is 11.5 Å². The van der Waals surface area contributed by atoms with Crippen LogP contribution in [0.2, 0.25) is 0 Å². The molecule has 1 aliphatic rings. The molecule has 1 aliphatic heterocycles. The minimum absolute atomic E-state index is 0. The van der Waals surface area contributed by atoms with Crippen LogP contribution >= 0.6 is 24.0 Å². The molecule has 1 aromatic carbocycles. The van der Waals surface area contributed by atoms with Crippen molar-refractivity contribution in [2.45, 2.75) is 58.9 Å². The Morgan fingerprint density at radius 3 is 2.47 bits per heavy atom. The van der Waals surface area contributed by atoms with Crippen LogP contribution < -0.4 is 20.1 Å². The van der Waals surface area contributed by atoms with Gasteiger partial charge >= 0.3 is 0 Å². The molecule has 1 aromatic rings. The van der Waals surface area contributed by atoms with Crippen LogP contribution in [0.4, 0.5) is 0 Å². The van der Waals surface area contributed by atoms with Gasteiger partial charge in [-0.1, -0.05) is 33.8 Å². The lowest BCUT2D eigenvalue weighted by molar-refractivity contribution is 0.171. The predicted molar refractivity (Wildman–Crippen MR) is 137 cm³/mol. The van der Waals surface area contributed by atoms with Gasteiger partial charge in [0.25, 0.3) is 0 Å². The third-order valence-corrected chi connectivity index (χ3v) is 5.63. The normalized spacial score (nSPS) is 14.8. The van der Waals surface area contributed by atoms with E-state index in [0.29, 0.717) is 19.3 Å². The van der Waals surface area contributed by atoms with Crippen LogP contribution in [-0.2, 0) is 5.41 Å². The van der Waals surface area contributed by atoms with Gasteiger partial charge in [-0.25, -0.2) is 0 Å². The highest BCUT2D eigenvalue weighted by Gasteiger charge is 2.24. The van der Waals surface area contributed by atoms with Crippen LogP contribution in [0.15, 0.2) is 23.2 Å². The third kappa shape index (κ3) is 8.13. The van der Waals surface area contributed by atoms with Gasteiger partial charge in [-0.2, -0.15) is 0 Å². The van der Waals surface area contributed by atoms with E-state index in [2.05, 4.69) is 67.3 Å². The van der Waals surface area contributed by atoms with Gasteiger partial charge < -0.3 is 25.0 Å². The second-order valence-electron chi connectivity index (χ2n) is 8.38. The molecule has 172 valence electrons. The first-order valence-electron chi connectivity index (χ1n) is 11.0. The quantitative estimate of drug-likeness (QED) is 0.271. The number of fused-ring (bicyclic) bond motifs is 1. The maximum absolute atomic E-state index is 5.74. The largest absolute Gasteiger partial charge is 0.486 e. The van der Waals surface area contributed by atoms with E-state index in [0.717, 1.165) is 50.1 Å². The Hall–Kier alpha value is -1.22. The minimum atomic E-state index is -0.0700. The molecule has 7 heteroatoms. The van der Waals surface area contributed by atoms with Gasteiger partial charge in [0.2, 0.25) is 0 Å². The topological polar surface area (TPSA) is 58.1 Å². The molecule has 0 radical (unpaired) electrons. The number of guanidine groups is 1. The highest BCUT2D eigenvalue weighted by atomic mass is 127. The van der Waals surface area contributed by atoms with Crippen LogP contribution in [-0.4, -0.2) is 63.3 Å². The van der Waals surface area contributed by atoms with Crippen molar-refractivity contribution in [3.63, 3.8) is 0 Å². The van der Waals surface area contributed by atoms with Crippen molar-refractivity contribution in [1.82, 2.24) is 15.5 Å². The molecule has 0 fully saturated rings.